The first-order chi connectivity index (χ1) is 11.2. The molecule has 1 heterocycles. The van der Waals surface area contributed by atoms with Crippen LogP contribution in [-0.2, 0) is 22.5 Å². The van der Waals surface area contributed by atoms with Crippen LogP contribution < -0.4 is 5.32 Å². The molecule has 1 N–H and O–H groups in total. The van der Waals surface area contributed by atoms with E-state index in [-0.39, 0.29) is 12.0 Å². The van der Waals surface area contributed by atoms with Gasteiger partial charge in [-0.1, -0.05) is 31.2 Å². The monoisotopic (exact) mass is 316 g/mol. The number of ether oxygens (including phenoxy) is 1. The average molecular weight is 316 g/mol. The number of nitrogens with zero attached hydrogens (tertiary/aromatic N) is 1. The third kappa shape index (κ3) is 5.05. The number of nitrogens with one attached hydrogen (secondary N) is 1. The van der Waals surface area contributed by atoms with Gasteiger partial charge in [0.2, 0.25) is 5.91 Å². The molecule has 1 atom stereocenters. The first kappa shape index (κ1) is 16.5. The lowest BCUT2D eigenvalue weighted by atomic mass is 10.1. The van der Waals surface area contributed by atoms with Crippen LogP contribution in [0.5, 0.6) is 0 Å². The zero-order chi connectivity index (χ0) is 16.1. The minimum Gasteiger partial charge on any atom is -0.376 e. The molecule has 1 aliphatic heterocycles. The van der Waals surface area contributed by atoms with Crippen LogP contribution in [0.2, 0.25) is 0 Å². The summed E-state index contributed by atoms with van der Waals surface area (Å²) in [5.41, 5.74) is 2.65. The van der Waals surface area contributed by atoms with Crippen molar-refractivity contribution in [3.05, 3.63) is 35.4 Å². The number of amides is 1. The van der Waals surface area contributed by atoms with Crippen LogP contribution in [0.25, 0.3) is 0 Å². The van der Waals surface area contributed by atoms with Crippen molar-refractivity contribution in [1.29, 1.82) is 0 Å². The molecular weight excluding hydrogens is 288 g/mol. The zero-order valence-corrected chi connectivity index (χ0v) is 14.1. The summed E-state index contributed by atoms with van der Waals surface area (Å²) >= 11 is 0. The van der Waals surface area contributed by atoms with E-state index in [1.54, 1.807) is 0 Å². The lowest BCUT2D eigenvalue weighted by Gasteiger charge is -2.22. The zero-order valence-electron chi connectivity index (χ0n) is 14.1. The highest BCUT2D eigenvalue weighted by molar-refractivity contribution is 5.78. The first-order valence-corrected chi connectivity index (χ1v) is 8.94. The van der Waals surface area contributed by atoms with Gasteiger partial charge in [0.15, 0.2) is 0 Å². The highest BCUT2D eigenvalue weighted by Gasteiger charge is 2.30. The van der Waals surface area contributed by atoms with Gasteiger partial charge >= 0.3 is 0 Å². The summed E-state index contributed by atoms with van der Waals surface area (Å²) in [6.07, 6.45) is 5.89. The molecule has 1 saturated carbocycles. The molecule has 0 aromatic heterocycles. The maximum Gasteiger partial charge on any atom is 0.234 e. The molecule has 2 fully saturated rings. The molecule has 4 heteroatoms. The SMILES string of the molecule is CCc1ccc(CN(CC(=O)NCC2CCCO2)C2CC2)cc1. The lowest BCUT2D eigenvalue weighted by molar-refractivity contribution is -0.123. The second-order valence-corrected chi connectivity index (χ2v) is 6.75. The normalized spacial score (nSPS) is 20.9. The Morgan fingerprint density at radius 2 is 1.96 bits per heavy atom. The molecule has 0 spiro atoms. The van der Waals surface area contributed by atoms with Gasteiger partial charge in [0.05, 0.1) is 12.6 Å². The molecule has 126 valence electrons. The molecule has 23 heavy (non-hydrogen) atoms. The van der Waals surface area contributed by atoms with Crippen molar-refractivity contribution in [2.75, 3.05) is 19.7 Å². The van der Waals surface area contributed by atoms with Crippen molar-refractivity contribution in [1.82, 2.24) is 10.2 Å². The highest BCUT2D eigenvalue weighted by atomic mass is 16.5. The van der Waals surface area contributed by atoms with Crippen LogP contribution in [0.3, 0.4) is 0 Å². The topological polar surface area (TPSA) is 41.6 Å². The van der Waals surface area contributed by atoms with Crippen molar-refractivity contribution in [3.63, 3.8) is 0 Å². The van der Waals surface area contributed by atoms with Gasteiger partial charge in [-0.05, 0) is 43.2 Å². The van der Waals surface area contributed by atoms with E-state index in [1.807, 2.05) is 0 Å². The van der Waals surface area contributed by atoms with E-state index in [4.69, 9.17) is 4.74 Å². The molecule has 1 aromatic carbocycles. The Labute approximate surface area is 139 Å². The largest absolute Gasteiger partial charge is 0.376 e. The standard InChI is InChI=1S/C19H28N2O2/c1-2-15-5-7-16(8-6-15)13-21(17-9-10-17)14-19(22)20-12-18-4-3-11-23-18/h5-8,17-18H,2-4,9-14H2,1H3,(H,20,22). The van der Waals surface area contributed by atoms with Crippen molar-refractivity contribution in [2.24, 2.45) is 0 Å². The Morgan fingerprint density at radius 1 is 1.22 bits per heavy atom. The fraction of sp³-hybridized carbons (Fsp3) is 0.632. The van der Waals surface area contributed by atoms with Gasteiger partial charge in [-0.15, -0.1) is 0 Å². The maximum atomic E-state index is 12.2. The van der Waals surface area contributed by atoms with Crippen LogP contribution in [-0.4, -0.2) is 42.6 Å². The number of benzene rings is 1. The second kappa shape index (κ2) is 7.93. The van der Waals surface area contributed by atoms with Gasteiger partial charge in [-0.25, -0.2) is 0 Å². The summed E-state index contributed by atoms with van der Waals surface area (Å²) < 4.78 is 5.56. The number of aryl methyl sites for hydroxylation is 1. The van der Waals surface area contributed by atoms with E-state index in [9.17, 15) is 4.79 Å². The number of carbonyl (C=O) groups excluding carboxylic acids is 1. The maximum absolute atomic E-state index is 12.2. The quantitative estimate of drug-likeness (QED) is 0.801. The predicted molar refractivity (Wildman–Crippen MR) is 91.2 cm³/mol. The van der Waals surface area contributed by atoms with Gasteiger partial charge in [0.1, 0.15) is 0 Å². The fourth-order valence-electron chi connectivity index (χ4n) is 3.14. The van der Waals surface area contributed by atoms with E-state index in [2.05, 4.69) is 41.4 Å². The number of hydrogen-bond donors (Lipinski definition) is 1. The molecular formula is C19H28N2O2. The molecule has 1 aromatic rings. The van der Waals surface area contributed by atoms with Crippen LogP contribution >= 0.6 is 0 Å². The second-order valence-electron chi connectivity index (χ2n) is 6.75. The molecule has 1 amide bonds. The summed E-state index contributed by atoms with van der Waals surface area (Å²) in [6.45, 7) is 5.02. The van der Waals surface area contributed by atoms with E-state index in [0.29, 0.717) is 19.1 Å². The van der Waals surface area contributed by atoms with Crippen molar-refractivity contribution < 1.29 is 9.53 Å². The molecule has 3 rings (SSSR count). The van der Waals surface area contributed by atoms with Crippen molar-refractivity contribution in [3.8, 4) is 0 Å². The third-order valence-electron chi connectivity index (χ3n) is 4.78. The molecule has 1 unspecified atom stereocenters. The molecule has 0 radical (unpaired) electrons. The smallest absolute Gasteiger partial charge is 0.234 e. The average Bonchev–Trinajstić information content (AvgIpc) is 3.29. The molecule has 0 bridgehead atoms. The lowest BCUT2D eigenvalue weighted by Crippen LogP contribution is -2.40. The summed E-state index contributed by atoms with van der Waals surface area (Å²) in [5.74, 6) is 0.123. The Balaban J connectivity index is 1.48. The Bertz CT molecular complexity index is 505. The Kier molecular flexibility index (Phi) is 5.68. The number of rotatable bonds is 8. The van der Waals surface area contributed by atoms with E-state index in [1.165, 1.54) is 24.0 Å². The Hall–Kier alpha value is -1.39. The van der Waals surface area contributed by atoms with Crippen LogP contribution in [0, 0.1) is 0 Å². The molecule has 1 saturated heterocycles. The highest BCUT2D eigenvalue weighted by Crippen LogP contribution is 2.28. The van der Waals surface area contributed by atoms with Crippen molar-refractivity contribution in [2.45, 2.75) is 57.7 Å². The first-order valence-electron chi connectivity index (χ1n) is 8.94. The van der Waals surface area contributed by atoms with E-state index < -0.39 is 0 Å². The Morgan fingerprint density at radius 3 is 2.57 bits per heavy atom. The summed E-state index contributed by atoms with van der Waals surface area (Å²) in [5, 5.41) is 3.04. The number of hydrogen-bond acceptors (Lipinski definition) is 3. The number of carbonyl (C=O) groups is 1. The van der Waals surface area contributed by atoms with Gasteiger partial charge in [0.25, 0.3) is 0 Å². The van der Waals surface area contributed by atoms with Gasteiger partial charge in [-0.2, -0.15) is 0 Å². The molecule has 2 aliphatic rings. The minimum atomic E-state index is 0.123. The van der Waals surface area contributed by atoms with Crippen LogP contribution in [0.4, 0.5) is 0 Å². The predicted octanol–water partition coefficient (Wildman–Crippen LogP) is 2.51. The summed E-state index contributed by atoms with van der Waals surface area (Å²) in [7, 11) is 0. The van der Waals surface area contributed by atoms with E-state index in [0.717, 1.165) is 32.4 Å². The van der Waals surface area contributed by atoms with Gasteiger partial charge in [0, 0.05) is 25.7 Å². The van der Waals surface area contributed by atoms with Crippen LogP contribution in [0.15, 0.2) is 24.3 Å². The van der Waals surface area contributed by atoms with Crippen LogP contribution in [0.1, 0.15) is 43.7 Å². The summed E-state index contributed by atoms with van der Waals surface area (Å²) in [6, 6.07) is 9.35. The van der Waals surface area contributed by atoms with Gasteiger partial charge < -0.3 is 10.1 Å². The summed E-state index contributed by atoms with van der Waals surface area (Å²) in [4.78, 5) is 14.5. The fourth-order valence-corrected chi connectivity index (χ4v) is 3.14. The minimum absolute atomic E-state index is 0.123. The van der Waals surface area contributed by atoms with Gasteiger partial charge in [-0.3, -0.25) is 9.69 Å². The van der Waals surface area contributed by atoms with Crippen molar-refractivity contribution >= 4 is 5.91 Å². The van der Waals surface area contributed by atoms with E-state index >= 15 is 0 Å². The third-order valence-corrected chi connectivity index (χ3v) is 4.78. The molecule has 4 nitrogen and oxygen atoms in total. The molecule has 1 aliphatic carbocycles.